The SMILES string of the molecule is Nc1ccc(F)c(S(=O)(=O)NCc2ccon2)c1. The van der Waals surface area contributed by atoms with E-state index < -0.39 is 20.7 Å². The predicted octanol–water partition coefficient (Wildman–Crippen LogP) is 0.874. The summed E-state index contributed by atoms with van der Waals surface area (Å²) in [5, 5.41) is 3.53. The van der Waals surface area contributed by atoms with Gasteiger partial charge in [0, 0.05) is 11.8 Å². The standard InChI is InChI=1S/C10H10FN3O3S/c11-9-2-1-7(12)5-10(9)18(15,16)13-6-8-3-4-17-14-8/h1-5,13H,6,12H2. The first-order chi connectivity index (χ1) is 8.49. The van der Waals surface area contributed by atoms with Gasteiger partial charge in [-0.2, -0.15) is 0 Å². The van der Waals surface area contributed by atoms with Crippen LogP contribution < -0.4 is 10.5 Å². The first-order valence-electron chi connectivity index (χ1n) is 4.93. The molecule has 2 rings (SSSR count). The van der Waals surface area contributed by atoms with Crippen molar-refractivity contribution in [2.24, 2.45) is 0 Å². The van der Waals surface area contributed by atoms with Crippen molar-refractivity contribution >= 4 is 15.7 Å². The fourth-order valence-corrected chi connectivity index (χ4v) is 2.41. The third kappa shape index (κ3) is 2.66. The number of sulfonamides is 1. The summed E-state index contributed by atoms with van der Waals surface area (Å²) in [6.07, 6.45) is 1.31. The van der Waals surface area contributed by atoms with Gasteiger partial charge in [0.25, 0.3) is 0 Å². The summed E-state index contributed by atoms with van der Waals surface area (Å²) in [6, 6.07) is 4.84. The van der Waals surface area contributed by atoms with Crippen LogP contribution in [0.15, 0.2) is 39.9 Å². The van der Waals surface area contributed by atoms with E-state index in [9.17, 15) is 12.8 Å². The monoisotopic (exact) mass is 271 g/mol. The molecule has 1 heterocycles. The molecule has 0 amide bonds. The van der Waals surface area contributed by atoms with Crippen LogP contribution in [-0.2, 0) is 16.6 Å². The molecule has 0 bridgehead atoms. The molecule has 0 saturated carbocycles. The van der Waals surface area contributed by atoms with Crippen molar-refractivity contribution < 1.29 is 17.3 Å². The molecular formula is C10H10FN3O3S. The van der Waals surface area contributed by atoms with Crippen molar-refractivity contribution in [3.8, 4) is 0 Å². The lowest BCUT2D eigenvalue weighted by atomic mass is 10.3. The Balaban J connectivity index is 2.22. The van der Waals surface area contributed by atoms with Gasteiger partial charge in [0.15, 0.2) is 0 Å². The highest BCUT2D eigenvalue weighted by Gasteiger charge is 2.19. The summed E-state index contributed by atoms with van der Waals surface area (Å²) in [5.41, 5.74) is 5.99. The average Bonchev–Trinajstić information content (AvgIpc) is 2.83. The van der Waals surface area contributed by atoms with E-state index in [2.05, 4.69) is 14.4 Å². The summed E-state index contributed by atoms with van der Waals surface area (Å²) in [7, 11) is -3.98. The van der Waals surface area contributed by atoms with Gasteiger partial charge in [-0.05, 0) is 18.2 Å². The first kappa shape index (κ1) is 12.5. The molecule has 0 atom stereocenters. The van der Waals surface area contributed by atoms with Gasteiger partial charge in [-0.3, -0.25) is 0 Å². The number of nitrogens with one attached hydrogen (secondary N) is 1. The topological polar surface area (TPSA) is 98.2 Å². The van der Waals surface area contributed by atoms with Gasteiger partial charge in [-0.25, -0.2) is 17.5 Å². The van der Waals surface area contributed by atoms with Crippen LogP contribution in [0.3, 0.4) is 0 Å². The minimum atomic E-state index is -3.98. The van der Waals surface area contributed by atoms with Gasteiger partial charge >= 0.3 is 0 Å². The van der Waals surface area contributed by atoms with Crippen molar-refractivity contribution in [3.63, 3.8) is 0 Å². The molecule has 0 saturated heterocycles. The Labute approximate surface area is 103 Å². The van der Waals surface area contributed by atoms with Crippen LogP contribution in [0.1, 0.15) is 5.69 Å². The van der Waals surface area contributed by atoms with E-state index in [0.29, 0.717) is 5.69 Å². The Morgan fingerprint density at radius 3 is 2.83 bits per heavy atom. The van der Waals surface area contributed by atoms with E-state index in [1.54, 1.807) is 0 Å². The van der Waals surface area contributed by atoms with Crippen molar-refractivity contribution in [1.82, 2.24) is 9.88 Å². The van der Waals surface area contributed by atoms with Crippen LogP contribution >= 0.6 is 0 Å². The number of hydrogen-bond donors (Lipinski definition) is 2. The lowest BCUT2D eigenvalue weighted by molar-refractivity contribution is 0.411. The number of hydrogen-bond acceptors (Lipinski definition) is 5. The molecule has 18 heavy (non-hydrogen) atoms. The summed E-state index contributed by atoms with van der Waals surface area (Å²) in [6.45, 7) is -0.0902. The number of benzene rings is 1. The Morgan fingerprint density at radius 2 is 2.17 bits per heavy atom. The second-order valence-corrected chi connectivity index (χ2v) is 5.24. The number of anilines is 1. The first-order valence-corrected chi connectivity index (χ1v) is 6.41. The molecule has 8 heteroatoms. The Kier molecular flexibility index (Phi) is 3.30. The van der Waals surface area contributed by atoms with Crippen LogP contribution in [-0.4, -0.2) is 13.6 Å². The normalized spacial score (nSPS) is 11.6. The molecule has 0 aliphatic rings. The molecule has 1 aromatic carbocycles. The van der Waals surface area contributed by atoms with E-state index >= 15 is 0 Å². The molecule has 96 valence electrons. The minimum absolute atomic E-state index is 0.0902. The molecule has 6 nitrogen and oxygen atoms in total. The summed E-state index contributed by atoms with van der Waals surface area (Å²) < 4.78 is 43.8. The van der Waals surface area contributed by atoms with Gasteiger partial charge in [-0.1, -0.05) is 5.16 Å². The quantitative estimate of drug-likeness (QED) is 0.804. The van der Waals surface area contributed by atoms with Crippen LogP contribution in [0.2, 0.25) is 0 Å². The molecule has 0 fully saturated rings. The van der Waals surface area contributed by atoms with Crippen molar-refractivity contribution in [2.45, 2.75) is 11.4 Å². The highest BCUT2D eigenvalue weighted by molar-refractivity contribution is 7.89. The second kappa shape index (κ2) is 4.75. The number of nitrogens with zero attached hydrogens (tertiary/aromatic N) is 1. The Hall–Kier alpha value is -1.93. The van der Waals surface area contributed by atoms with E-state index in [1.807, 2.05) is 0 Å². The summed E-state index contributed by atoms with van der Waals surface area (Å²) >= 11 is 0. The van der Waals surface area contributed by atoms with Crippen LogP contribution in [0.25, 0.3) is 0 Å². The number of rotatable bonds is 4. The largest absolute Gasteiger partial charge is 0.399 e. The van der Waals surface area contributed by atoms with Crippen molar-refractivity contribution in [2.75, 3.05) is 5.73 Å². The number of halogens is 1. The highest BCUT2D eigenvalue weighted by Crippen LogP contribution is 2.17. The molecule has 3 N–H and O–H groups in total. The fraction of sp³-hybridized carbons (Fsp3) is 0.100. The molecule has 0 unspecified atom stereocenters. The molecular weight excluding hydrogens is 261 g/mol. The molecule has 2 aromatic rings. The van der Waals surface area contributed by atoms with E-state index in [4.69, 9.17) is 5.73 Å². The molecule has 0 aliphatic carbocycles. The van der Waals surface area contributed by atoms with Gasteiger partial charge in [0.05, 0.1) is 12.2 Å². The lowest BCUT2D eigenvalue weighted by Gasteiger charge is -2.06. The Morgan fingerprint density at radius 1 is 1.39 bits per heavy atom. The predicted molar refractivity (Wildman–Crippen MR) is 61.3 cm³/mol. The zero-order valence-corrected chi connectivity index (χ0v) is 9.95. The summed E-state index contributed by atoms with van der Waals surface area (Å²) in [4.78, 5) is -0.494. The van der Waals surface area contributed by atoms with Crippen molar-refractivity contribution in [3.05, 3.63) is 42.0 Å². The van der Waals surface area contributed by atoms with Gasteiger partial charge in [-0.15, -0.1) is 0 Å². The van der Waals surface area contributed by atoms with Crippen molar-refractivity contribution in [1.29, 1.82) is 0 Å². The maximum absolute atomic E-state index is 13.4. The van der Waals surface area contributed by atoms with Gasteiger partial charge in [0.2, 0.25) is 10.0 Å². The van der Waals surface area contributed by atoms with Crippen LogP contribution in [0.4, 0.5) is 10.1 Å². The highest BCUT2D eigenvalue weighted by atomic mass is 32.2. The average molecular weight is 271 g/mol. The Bertz CT molecular complexity index is 640. The number of aromatic nitrogens is 1. The number of nitrogens with two attached hydrogens (primary N) is 1. The zero-order chi connectivity index (χ0) is 13.2. The molecule has 0 spiro atoms. The van der Waals surface area contributed by atoms with Gasteiger partial charge in [0.1, 0.15) is 17.0 Å². The lowest BCUT2D eigenvalue weighted by Crippen LogP contribution is -2.24. The minimum Gasteiger partial charge on any atom is -0.399 e. The third-order valence-corrected chi connectivity index (χ3v) is 3.60. The second-order valence-electron chi connectivity index (χ2n) is 3.51. The fourth-order valence-electron chi connectivity index (χ4n) is 1.30. The maximum atomic E-state index is 13.4. The van der Waals surface area contributed by atoms with E-state index in [1.165, 1.54) is 18.4 Å². The zero-order valence-electron chi connectivity index (χ0n) is 9.13. The molecule has 1 aromatic heterocycles. The van der Waals surface area contributed by atoms with Gasteiger partial charge < -0.3 is 10.3 Å². The third-order valence-electron chi connectivity index (χ3n) is 2.18. The van der Waals surface area contributed by atoms with Crippen LogP contribution in [0.5, 0.6) is 0 Å². The molecule has 0 aliphatic heterocycles. The van der Waals surface area contributed by atoms with Crippen LogP contribution in [0, 0.1) is 5.82 Å². The summed E-state index contributed by atoms with van der Waals surface area (Å²) in [5.74, 6) is -0.864. The smallest absolute Gasteiger partial charge is 0.243 e. The molecule has 0 radical (unpaired) electrons. The van der Waals surface area contributed by atoms with E-state index in [0.717, 1.165) is 12.1 Å². The maximum Gasteiger partial charge on any atom is 0.243 e. The van der Waals surface area contributed by atoms with E-state index in [-0.39, 0.29) is 12.2 Å². The number of nitrogen functional groups attached to an aromatic ring is 1.